The number of nitrogen functional groups attached to an aromatic ring is 1. The molecule has 6 heteroatoms. The van der Waals surface area contributed by atoms with Gasteiger partial charge in [-0.1, -0.05) is 11.6 Å². The fourth-order valence-corrected chi connectivity index (χ4v) is 2.91. The summed E-state index contributed by atoms with van der Waals surface area (Å²) in [5.74, 6) is -0.325. The molecule has 1 atom stereocenters. The third kappa shape index (κ3) is 2.40. The minimum absolute atomic E-state index is 0.153. The number of carbonyl (C=O) groups excluding carboxylic acids is 2. The van der Waals surface area contributed by atoms with Crippen LogP contribution < -0.4 is 5.73 Å². The van der Waals surface area contributed by atoms with Crippen LogP contribution in [0.15, 0.2) is 23.1 Å². The Kier molecular flexibility index (Phi) is 3.31. The van der Waals surface area contributed by atoms with E-state index in [1.54, 1.807) is 18.2 Å². The Bertz CT molecular complexity index is 492. The minimum atomic E-state index is -0.379. The van der Waals surface area contributed by atoms with E-state index in [2.05, 4.69) is 0 Å². The van der Waals surface area contributed by atoms with Crippen molar-refractivity contribution in [1.29, 1.82) is 0 Å². The zero-order valence-corrected chi connectivity index (χ0v) is 10.7. The van der Waals surface area contributed by atoms with Crippen LogP contribution in [0.5, 0.6) is 0 Å². The third-order valence-corrected chi connectivity index (χ3v) is 4.09. The van der Waals surface area contributed by atoms with E-state index in [4.69, 9.17) is 17.3 Å². The van der Waals surface area contributed by atoms with Crippen LogP contribution in [0.25, 0.3) is 0 Å². The van der Waals surface area contributed by atoms with Crippen LogP contribution in [-0.4, -0.2) is 29.0 Å². The molecule has 2 rings (SSSR count). The summed E-state index contributed by atoms with van der Waals surface area (Å²) < 4.78 is 0. The van der Waals surface area contributed by atoms with Crippen molar-refractivity contribution >= 4 is 40.9 Å². The molecule has 1 aromatic rings. The predicted octanol–water partition coefficient (Wildman–Crippen LogP) is 1.77. The van der Waals surface area contributed by atoms with Crippen LogP contribution in [0.4, 0.5) is 5.69 Å². The van der Waals surface area contributed by atoms with Crippen molar-refractivity contribution in [2.75, 3.05) is 12.8 Å². The van der Waals surface area contributed by atoms with E-state index in [0.29, 0.717) is 10.7 Å². The zero-order chi connectivity index (χ0) is 12.6. The molecule has 0 radical (unpaired) electrons. The molecule has 90 valence electrons. The van der Waals surface area contributed by atoms with Gasteiger partial charge in [0.25, 0.3) is 0 Å². The highest BCUT2D eigenvalue weighted by Crippen LogP contribution is 2.35. The molecule has 1 aliphatic rings. The zero-order valence-electron chi connectivity index (χ0n) is 9.14. The molecule has 1 aliphatic heterocycles. The molecule has 0 aromatic heterocycles. The standard InChI is InChI=1S/C11H11ClN2O2S/c1-14-10(15)5-9(11(14)16)17-8-3-2-6(12)4-7(8)13/h2-4,9H,5,13H2,1H3. The number of anilines is 1. The highest BCUT2D eigenvalue weighted by molar-refractivity contribution is 8.00. The Labute approximate surface area is 108 Å². The highest BCUT2D eigenvalue weighted by atomic mass is 35.5. The summed E-state index contributed by atoms with van der Waals surface area (Å²) in [5.41, 5.74) is 6.32. The molecule has 1 saturated heterocycles. The summed E-state index contributed by atoms with van der Waals surface area (Å²) in [7, 11) is 1.50. The normalized spacial score (nSPS) is 20.1. The lowest BCUT2D eigenvalue weighted by Crippen LogP contribution is -2.26. The number of benzene rings is 1. The van der Waals surface area contributed by atoms with Gasteiger partial charge in [-0.15, -0.1) is 11.8 Å². The summed E-state index contributed by atoms with van der Waals surface area (Å²) in [6.45, 7) is 0. The van der Waals surface area contributed by atoms with Crippen molar-refractivity contribution in [3.05, 3.63) is 23.2 Å². The van der Waals surface area contributed by atoms with Crippen molar-refractivity contribution in [2.24, 2.45) is 0 Å². The topological polar surface area (TPSA) is 63.4 Å². The van der Waals surface area contributed by atoms with Crippen molar-refractivity contribution in [1.82, 2.24) is 4.90 Å². The second-order valence-corrected chi connectivity index (χ2v) is 5.46. The second-order valence-electron chi connectivity index (χ2n) is 3.78. The third-order valence-electron chi connectivity index (χ3n) is 2.58. The number of nitrogens with zero attached hydrogens (tertiary/aromatic N) is 1. The molecule has 0 aliphatic carbocycles. The number of thioether (sulfide) groups is 1. The maximum atomic E-state index is 11.7. The molecule has 2 N–H and O–H groups in total. The Morgan fingerprint density at radius 2 is 2.18 bits per heavy atom. The molecular weight excluding hydrogens is 260 g/mol. The number of imide groups is 1. The van der Waals surface area contributed by atoms with Gasteiger partial charge < -0.3 is 5.73 Å². The Morgan fingerprint density at radius 3 is 2.71 bits per heavy atom. The van der Waals surface area contributed by atoms with E-state index in [0.717, 1.165) is 9.80 Å². The first kappa shape index (κ1) is 12.3. The number of nitrogens with two attached hydrogens (primary N) is 1. The molecule has 1 fully saturated rings. The van der Waals surface area contributed by atoms with Crippen LogP contribution in [0.2, 0.25) is 5.02 Å². The summed E-state index contributed by atoms with van der Waals surface area (Å²) in [6.07, 6.45) is 0.224. The van der Waals surface area contributed by atoms with Gasteiger partial charge in [0.15, 0.2) is 0 Å². The van der Waals surface area contributed by atoms with Crippen molar-refractivity contribution in [3.63, 3.8) is 0 Å². The first-order chi connectivity index (χ1) is 7.99. The van der Waals surface area contributed by atoms with Crippen LogP contribution >= 0.6 is 23.4 Å². The highest BCUT2D eigenvalue weighted by Gasteiger charge is 2.36. The van der Waals surface area contributed by atoms with Crippen molar-refractivity contribution < 1.29 is 9.59 Å². The first-order valence-corrected chi connectivity index (χ1v) is 6.27. The van der Waals surface area contributed by atoms with E-state index < -0.39 is 0 Å². The first-order valence-electron chi connectivity index (χ1n) is 5.01. The predicted molar refractivity (Wildman–Crippen MR) is 67.9 cm³/mol. The summed E-state index contributed by atoms with van der Waals surface area (Å²) in [6, 6.07) is 5.11. The Hall–Kier alpha value is -1.20. The van der Waals surface area contributed by atoms with Crippen molar-refractivity contribution in [3.8, 4) is 0 Å². The van der Waals surface area contributed by atoms with Crippen LogP contribution in [0, 0.1) is 0 Å². The molecule has 0 saturated carbocycles. The smallest absolute Gasteiger partial charge is 0.242 e. The average Bonchev–Trinajstić information content (AvgIpc) is 2.50. The fraction of sp³-hybridized carbons (Fsp3) is 0.273. The lowest BCUT2D eigenvalue weighted by atomic mass is 10.3. The summed E-state index contributed by atoms with van der Waals surface area (Å²) in [4.78, 5) is 25.0. The van der Waals surface area contributed by atoms with Gasteiger partial charge in [0.05, 0.1) is 5.25 Å². The van der Waals surface area contributed by atoms with Gasteiger partial charge in [0.1, 0.15) is 0 Å². The van der Waals surface area contributed by atoms with Gasteiger partial charge in [-0.2, -0.15) is 0 Å². The van der Waals surface area contributed by atoms with E-state index in [9.17, 15) is 9.59 Å². The lowest BCUT2D eigenvalue weighted by Gasteiger charge is -2.10. The van der Waals surface area contributed by atoms with Gasteiger partial charge in [-0.3, -0.25) is 14.5 Å². The second kappa shape index (κ2) is 4.58. The molecule has 2 amide bonds. The monoisotopic (exact) mass is 270 g/mol. The van der Waals surface area contributed by atoms with Gasteiger partial charge in [-0.25, -0.2) is 0 Å². The number of hydrogen-bond donors (Lipinski definition) is 1. The SMILES string of the molecule is CN1C(=O)CC(Sc2ccc(Cl)cc2N)C1=O. The van der Waals surface area contributed by atoms with Crippen LogP contribution in [0.3, 0.4) is 0 Å². The van der Waals surface area contributed by atoms with E-state index in [1.165, 1.54) is 18.8 Å². The molecule has 17 heavy (non-hydrogen) atoms. The minimum Gasteiger partial charge on any atom is -0.398 e. The number of carbonyl (C=O) groups is 2. The van der Waals surface area contributed by atoms with Crippen LogP contribution in [0.1, 0.15) is 6.42 Å². The molecule has 0 spiro atoms. The van der Waals surface area contributed by atoms with Gasteiger partial charge in [0.2, 0.25) is 11.8 Å². The molecule has 0 bridgehead atoms. The maximum Gasteiger partial charge on any atom is 0.242 e. The summed E-state index contributed by atoms with van der Waals surface area (Å²) in [5, 5.41) is 0.175. The molecule has 1 heterocycles. The number of hydrogen-bond acceptors (Lipinski definition) is 4. The van der Waals surface area contributed by atoms with Crippen LogP contribution in [-0.2, 0) is 9.59 Å². The van der Waals surface area contributed by atoms with E-state index in [-0.39, 0.29) is 23.5 Å². The Morgan fingerprint density at radius 1 is 1.47 bits per heavy atom. The van der Waals surface area contributed by atoms with E-state index >= 15 is 0 Å². The van der Waals surface area contributed by atoms with Gasteiger partial charge >= 0.3 is 0 Å². The lowest BCUT2D eigenvalue weighted by molar-refractivity contribution is -0.136. The summed E-state index contributed by atoms with van der Waals surface area (Å²) >= 11 is 7.10. The maximum absolute atomic E-state index is 11.7. The van der Waals surface area contributed by atoms with Crippen molar-refractivity contribution in [2.45, 2.75) is 16.6 Å². The molecule has 4 nitrogen and oxygen atoms in total. The number of likely N-dealkylation sites (tertiary alicyclic amines) is 1. The number of rotatable bonds is 2. The van der Waals surface area contributed by atoms with Gasteiger partial charge in [-0.05, 0) is 18.2 Å². The quantitative estimate of drug-likeness (QED) is 0.657. The average molecular weight is 271 g/mol. The molecule has 1 aromatic carbocycles. The molecular formula is C11H11ClN2O2S. The number of halogens is 1. The molecule has 1 unspecified atom stereocenters. The fourth-order valence-electron chi connectivity index (χ4n) is 1.59. The van der Waals surface area contributed by atoms with E-state index in [1.807, 2.05) is 0 Å². The largest absolute Gasteiger partial charge is 0.398 e. The van der Waals surface area contributed by atoms with Gasteiger partial charge in [0, 0.05) is 29.1 Å². The Balaban J connectivity index is 2.17. The number of amides is 2.